The Balaban J connectivity index is 1.39. The molecule has 34 heavy (non-hydrogen) atoms. The number of carbonyl (C=O) groups is 1. The lowest BCUT2D eigenvalue weighted by Crippen LogP contribution is -2.49. The number of nitrogens with two attached hydrogens (primary N) is 1. The summed E-state index contributed by atoms with van der Waals surface area (Å²) >= 11 is 0. The first-order chi connectivity index (χ1) is 16.6. The molecule has 0 bridgehead atoms. The number of aromatic nitrogens is 1. The Morgan fingerprint density at radius 2 is 1.74 bits per heavy atom. The Kier molecular flexibility index (Phi) is 6.40. The molecule has 0 unspecified atom stereocenters. The van der Waals surface area contributed by atoms with Gasteiger partial charge in [-0.3, -0.25) is 0 Å². The van der Waals surface area contributed by atoms with Crippen LogP contribution in [0.5, 0.6) is 5.75 Å². The normalized spacial score (nSPS) is 17.0. The van der Waals surface area contributed by atoms with Crippen molar-refractivity contribution in [1.29, 1.82) is 0 Å². The maximum absolute atomic E-state index is 12.9. The highest BCUT2D eigenvalue weighted by Gasteiger charge is 2.25. The summed E-state index contributed by atoms with van der Waals surface area (Å²) in [7, 11) is 1.68. The van der Waals surface area contributed by atoms with Crippen LogP contribution in [0.2, 0.25) is 0 Å². The number of fused-ring (bicyclic) bond motifs is 1. The predicted octanol–water partition coefficient (Wildman–Crippen LogP) is 3.46. The van der Waals surface area contributed by atoms with E-state index in [1.807, 2.05) is 40.1 Å². The van der Waals surface area contributed by atoms with E-state index in [9.17, 15) is 4.79 Å². The van der Waals surface area contributed by atoms with Crippen LogP contribution in [0, 0.1) is 0 Å². The van der Waals surface area contributed by atoms with E-state index in [-0.39, 0.29) is 6.03 Å². The monoisotopic (exact) mass is 461 g/mol. The van der Waals surface area contributed by atoms with Gasteiger partial charge in [-0.1, -0.05) is 30.3 Å². The summed E-state index contributed by atoms with van der Waals surface area (Å²) in [6, 6.07) is 16.2. The van der Waals surface area contributed by atoms with E-state index in [0.717, 1.165) is 53.1 Å². The number of carbonyl (C=O) groups excluding carboxylic acids is 1. The summed E-state index contributed by atoms with van der Waals surface area (Å²) in [5.41, 5.74) is 10.1. The Morgan fingerprint density at radius 3 is 2.50 bits per heavy atom. The quantitative estimate of drug-likeness (QED) is 0.643. The van der Waals surface area contributed by atoms with E-state index in [1.165, 1.54) is 0 Å². The van der Waals surface area contributed by atoms with Gasteiger partial charge in [0.15, 0.2) is 0 Å². The second-order valence-electron chi connectivity index (χ2n) is 8.71. The van der Waals surface area contributed by atoms with Gasteiger partial charge in [-0.15, -0.1) is 0 Å². The van der Waals surface area contributed by atoms with Crippen molar-refractivity contribution in [2.45, 2.75) is 6.42 Å². The van der Waals surface area contributed by atoms with E-state index >= 15 is 0 Å². The van der Waals surface area contributed by atoms with Crippen LogP contribution in [0.3, 0.4) is 0 Å². The number of rotatable bonds is 3. The van der Waals surface area contributed by atoms with Gasteiger partial charge in [0.05, 0.1) is 25.8 Å². The van der Waals surface area contributed by atoms with Gasteiger partial charge >= 0.3 is 6.03 Å². The molecule has 8 heteroatoms. The van der Waals surface area contributed by atoms with Gasteiger partial charge in [0.2, 0.25) is 0 Å². The second-order valence-corrected chi connectivity index (χ2v) is 8.71. The van der Waals surface area contributed by atoms with Gasteiger partial charge in [-0.2, -0.15) is 0 Å². The number of methoxy groups -OCH3 is 1. The van der Waals surface area contributed by atoms with E-state index < -0.39 is 0 Å². The molecule has 2 fully saturated rings. The van der Waals surface area contributed by atoms with Crippen LogP contribution in [0.4, 0.5) is 16.3 Å². The van der Waals surface area contributed by atoms with Crippen LogP contribution in [-0.4, -0.2) is 80.4 Å². The third-order valence-electron chi connectivity index (χ3n) is 6.61. The van der Waals surface area contributed by atoms with Crippen molar-refractivity contribution in [2.75, 3.05) is 70.2 Å². The maximum atomic E-state index is 12.9. The van der Waals surface area contributed by atoms with Gasteiger partial charge in [0.25, 0.3) is 0 Å². The van der Waals surface area contributed by atoms with E-state index in [0.29, 0.717) is 45.1 Å². The van der Waals surface area contributed by atoms with Crippen molar-refractivity contribution in [3.8, 4) is 16.9 Å². The molecule has 3 aromatic rings. The molecule has 2 saturated heterocycles. The third kappa shape index (κ3) is 4.46. The highest BCUT2D eigenvalue weighted by Crippen LogP contribution is 2.36. The average Bonchev–Trinajstić information content (AvgIpc) is 3.15. The summed E-state index contributed by atoms with van der Waals surface area (Å²) in [6.07, 6.45) is 0.881. The standard InChI is InChI=1S/C26H31N5O3/c1-33-24-18-23-21(16-20(24)19-6-3-2-4-7-19)22(27)17-25(28-23)29-8-5-9-30(11-10-29)26(32)31-12-14-34-15-13-31/h2-4,6-7,16-18H,5,8-15H2,1H3,(H2,27,28). The van der Waals surface area contributed by atoms with Gasteiger partial charge in [0, 0.05) is 68.0 Å². The molecular formula is C26H31N5O3. The minimum atomic E-state index is 0.106. The van der Waals surface area contributed by atoms with Crippen LogP contribution in [0.25, 0.3) is 22.0 Å². The summed E-state index contributed by atoms with van der Waals surface area (Å²) < 4.78 is 11.1. The molecule has 0 atom stereocenters. The number of ether oxygens (including phenoxy) is 2. The smallest absolute Gasteiger partial charge is 0.320 e. The summed E-state index contributed by atoms with van der Waals surface area (Å²) in [4.78, 5) is 23.9. The highest BCUT2D eigenvalue weighted by atomic mass is 16.5. The molecule has 2 aromatic carbocycles. The van der Waals surface area contributed by atoms with Gasteiger partial charge in [0.1, 0.15) is 11.6 Å². The fourth-order valence-corrected chi connectivity index (χ4v) is 4.73. The number of benzene rings is 2. The molecule has 3 heterocycles. The second kappa shape index (κ2) is 9.77. The fourth-order valence-electron chi connectivity index (χ4n) is 4.73. The largest absolute Gasteiger partial charge is 0.496 e. The molecule has 1 aromatic heterocycles. The molecule has 2 N–H and O–H groups in total. The Bertz CT molecular complexity index is 1160. The van der Waals surface area contributed by atoms with Crippen LogP contribution in [0.15, 0.2) is 48.5 Å². The molecule has 0 radical (unpaired) electrons. The fraction of sp³-hybridized carbons (Fsp3) is 0.385. The zero-order valence-electron chi connectivity index (χ0n) is 19.6. The molecule has 2 amide bonds. The van der Waals surface area contributed by atoms with Crippen molar-refractivity contribution in [3.05, 3.63) is 48.5 Å². The molecule has 178 valence electrons. The zero-order valence-corrected chi connectivity index (χ0v) is 19.6. The number of anilines is 2. The summed E-state index contributed by atoms with van der Waals surface area (Å²) in [6.45, 7) is 5.49. The number of morpholine rings is 1. The highest BCUT2D eigenvalue weighted by molar-refractivity contribution is 5.97. The van der Waals surface area contributed by atoms with E-state index in [4.69, 9.17) is 20.2 Å². The average molecular weight is 462 g/mol. The number of hydrogen-bond donors (Lipinski definition) is 1. The number of pyridine rings is 1. The third-order valence-corrected chi connectivity index (χ3v) is 6.61. The summed E-state index contributed by atoms with van der Waals surface area (Å²) in [5, 5.41) is 0.905. The number of nitrogen functional groups attached to an aromatic ring is 1. The van der Waals surface area contributed by atoms with Crippen molar-refractivity contribution >= 4 is 28.4 Å². The van der Waals surface area contributed by atoms with Gasteiger partial charge in [-0.05, 0) is 18.1 Å². The summed E-state index contributed by atoms with van der Waals surface area (Å²) in [5.74, 6) is 1.60. The predicted molar refractivity (Wildman–Crippen MR) is 134 cm³/mol. The Hall–Kier alpha value is -3.52. The molecule has 2 aliphatic rings. The number of amides is 2. The molecular weight excluding hydrogens is 430 g/mol. The van der Waals surface area contributed by atoms with Crippen molar-refractivity contribution in [1.82, 2.24) is 14.8 Å². The number of hydrogen-bond acceptors (Lipinski definition) is 6. The first-order valence-electron chi connectivity index (χ1n) is 11.8. The minimum absolute atomic E-state index is 0.106. The lowest BCUT2D eigenvalue weighted by molar-refractivity contribution is 0.0438. The van der Waals surface area contributed by atoms with E-state index in [2.05, 4.69) is 23.1 Å². The van der Waals surface area contributed by atoms with Gasteiger partial charge in [-0.25, -0.2) is 9.78 Å². The SMILES string of the molecule is COc1cc2nc(N3CCCN(C(=O)N4CCOCC4)CC3)cc(N)c2cc1-c1ccccc1. The van der Waals surface area contributed by atoms with Crippen molar-refractivity contribution < 1.29 is 14.3 Å². The number of nitrogens with zero attached hydrogens (tertiary/aromatic N) is 4. The van der Waals surface area contributed by atoms with Crippen LogP contribution in [-0.2, 0) is 4.74 Å². The van der Waals surface area contributed by atoms with Crippen LogP contribution < -0.4 is 15.4 Å². The molecule has 5 rings (SSSR count). The minimum Gasteiger partial charge on any atom is -0.496 e. The molecule has 8 nitrogen and oxygen atoms in total. The maximum Gasteiger partial charge on any atom is 0.320 e. The Morgan fingerprint density at radius 1 is 0.971 bits per heavy atom. The van der Waals surface area contributed by atoms with Crippen molar-refractivity contribution in [2.24, 2.45) is 0 Å². The molecule has 0 aliphatic carbocycles. The number of urea groups is 1. The van der Waals surface area contributed by atoms with Crippen molar-refractivity contribution in [3.63, 3.8) is 0 Å². The van der Waals surface area contributed by atoms with Crippen LogP contribution in [0.1, 0.15) is 6.42 Å². The zero-order chi connectivity index (χ0) is 23.5. The molecule has 0 spiro atoms. The van der Waals surface area contributed by atoms with Crippen LogP contribution >= 0.6 is 0 Å². The first kappa shape index (κ1) is 22.3. The van der Waals surface area contributed by atoms with Gasteiger partial charge < -0.3 is 29.9 Å². The lowest BCUT2D eigenvalue weighted by atomic mass is 10.0. The Labute approximate surface area is 199 Å². The first-order valence-corrected chi connectivity index (χ1v) is 11.8. The lowest BCUT2D eigenvalue weighted by Gasteiger charge is -2.32. The molecule has 2 aliphatic heterocycles. The molecule has 0 saturated carbocycles. The topological polar surface area (TPSA) is 84.2 Å². The van der Waals surface area contributed by atoms with E-state index in [1.54, 1.807) is 7.11 Å².